The van der Waals surface area contributed by atoms with Crippen LogP contribution < -0.4 is 4.72 Å². The zero-order valence-electron chi connectivity index (χ0n) is 11.5. The summed E-state index contributed by atoms with van der Waals surface area (Å²) in [5.74, 6) is -0.432. The van der Waals surface area contributed by atoms with Crippen molar-refractivity contribution >= 4 is 26.3 Å². The van der Waals surface area contributed by atoms with Gasteiger partial charge in [0, 0.05) is 13.0 Å². The van der Waals surface area contributed by atoms with Gasteiger partial charge in [0.15, 0.2) is 0 Å². The van der Waals surface area contributed by atoms with Crippen molar-refractivity contribution < 1.29 is 12.8 Å². The predicted molar refractivity (Wildman–Crippen MR) is 78.7 cm³/mol. The topological polar surface area (TPSA) is 89.2 Å². The highest BCUT2D eigenvalue weighted by atomic mass is 32.2. The number of sulfonamides is 1. The van der Waals surface area contributed by atoms with Crippen molar-refractivity contribution in [3.63, 3.8) is 0 Å². The molecule has 0 spiro atoms. The zero-order valence-corrected chi connectivity index (χ0v) is 13.2. The van der Waals surface area contributed by atoms with E-state index in [1.54, 1.807) is 0 Å². The van der Waals surface area contributed by atoms with E-state index in [1.165, 1.54) is 41.2 Å². The maximum atomic E-state index is 13.2. The molecule has 1 aromatic carbocycles. The predicted octanol–water partition coefficient (Wildman–Crippen LogP) is 1.15. The minimum absolute atomic E-state index is 0.0459. The highest BCUT2D eigenvalue weighted by Crippen LogP contribution is 2.15. The van der Waals surface area contributed by atoms with Crippen LogP contribution in [0.25, 0.3) is 4.96 Å². The Morgan fingerprint density at radius 2 is 2.23 bits per heavy atom. The molecule has 0 aliphatic rings. The lowest BCUT2D eigenvalue weighted by Crippen LogP contribution is -2.26. The average Bonchev–Trinajstić information content (AvgIpc) is 3.02. The molecule has 2 aromatic heterocycles. The van der Waals surface area contributed by atoms with Gasteiger partial charge < -0.3 is 0 Å². The Kier molecular flexibility index (Phi) is 3.89. The summed E-state index contributed by atoms with van der Waals surface area (Å²) in [4.78, 5) is 0.705. The maximum absolute atomic E-state index is 13.2. The molecule has 0 amide bonds. The van der Waals surface area contributed by atoms with Crippen molar-refractivity contribution in [1.29, 1.82) is 0 Å². The van der Waals surface area contributed by atoms with Crippen LogP contribution in [0, 0.1) is 12.7 Å². The SMILES string of the molecule is Cc1cc(S(=O)(=O)NCCc2nn3cnnc3s2)ccc1F. The molecule has 3 rings (SSSR count). The van der Waals surface area contributed by atoms with E-state index in [9.17, 15) is 12.8 Å². The molecule has 0 atom stereocenters. The Hall–Kier alpha value is -1.91. The molecule has 0 bridgehead atoms. The molecule has 7 nitrogen and oxygen atoms in total. The van der Waals surface area contributed by atoms with Crippen LogP contribution in [-0.2, 0) is 16.4 Å². The number of rotatable bonds is 5. The van der Waals surface area contributed by atoms with E-state index in [-0.39, 0.29) is 17.0 Å². The van der Waals surface area contributed by atoms with Gasteiger partial charge in [0.05, 0.1) is 4.90 Å². The van der Waals surface area contributed by atoms with E-state index in [2.05, 4.69) is 20.0 Å². The lowest BCUT2D eigenvalue weighted by Gasteiger charge is -2.07. The van der Waals surface area contributed by atoms with E-state index in [0.29, 0.717) is 11.4 Å². The third-order valence-corrected chi connectivity index (χ3v) is 5.43. The molecule has 0 saturated carbocycles. The van der Waals surface area contributed by atoms with Crippen molar-refractivity contribution in [2.45, 2.75) is 18.2 Å². The van der Waals surface area contributed by atoms with Crippen LogP contribution in [0.2, 0.25) is 0 Å². The molecule has 3 aromatic rings. The van der Waals surface area contributed by atoms with Crippen molar-refractivity contribution in [1.82, 2.24) is 24.5 Å². The van der Waals surface area contributed by atoms with Crippen LogP contribution in [0.15, 0.2) is 29.4 Å². The number of aromatic nitrogens is 4. The lowest BCUT2D eigenvalue weighted by atomic mass is 10.2. The summed E-state index contributed by atoms with van der Waals surface area (Å²) in [6.45, 7) is 1.72. The molecule has 116 valence electrons. The van der Waals surface area contributed by atoms with Gasteiger partial charge in [0.2, 0.25) is 15.0 Å². The largest absolute Gasteiger partial charge is 0.240 e. The first-order valence-corrected chi connectivity index (χ1v) is 8.67. The van der Waals surface area contributed by atoms with Gasteiger partial charge in [-0.25, -0.2) is 17.5 Å². The normalized spacial score (nSPS) is 12.1. The van der Waals surface area contributed by atoms with Crippen LogP contribution in [0.3, 0.4) is 0 Å². The van der Waals surface area contributed by atoms with Crippen molar-refractivity contribution in [3.05, 3.63) is 40.9 Å². The summed E-state index contributed by atoms with van der Waals surface area (Å²) < 4.78 is 41.5. The van der Waals surface area contributed by atoms with Gasteiger partial charge in [-0.1, -0.05) is 11.3 Å². The van der Waals surface area contributed by atoms with Crippen LogP contribution in [0.5, 0.6) is 0 Å². The number of benzene rings is 1. The zero-order chi connectivity index (χ0) is 15.7. The monoisotopic (exact) mass is 341 g/mol. The second-order valence-corrected chi connectivity index (χ2v) is 7.42. The molecule has 22 heavy (non-hydrogen) atoms. The van der Waals surface area contributed by atoms with Gasteiger partial charge in [0.25, 0.3) is 0 Å². The Labute approximate surface area is 129 Å². The first-order chi connectivity index (χ1) is 10.5. The summed E-state index contributed by atoms with van der Waals surface area (Å²) in [5.41, 5.74) is 0.288. The Morgan fingerprint density at radius 1 is 1.41 bits per heavy atom. The molecule has 0 aliphatic heterocycles. The Balaban J connectivity index is 1.66. The third kappa shape index (κ3) is 2.98. The van der Waals surface area contributed by atoms with Crippen molar-refractivity contribution in [3.8, 4) is 0 Å². The Bertz CT molecular complexity index is 890. The number of halogens is 1. The minimum atomic E-state index is -3.66. The van der Waals surface area contributed by atoms with Crippen LogP contribution in [0.4, 0.5) is 4.39 Å². The standard InChI is InChI=1S/C12H12FN5O2S2/c1-8-6-9(2-3-10(8)13)22(19,20)15-5-4-11-17-18-7-14-16-12(18)21-11/h2-3,6-7,15H,4-5H2,1H3. The highest BCUT2D eigenvalue weighted by molar-refractivity contribution is 7.89. The van der Waals surface area contributed by atoms with Gasteiger partial charge in [-0.15, -0.1) is 10.2 Å². The van der Waals surface area contributed by atoms with E-state index in [4.69, 9.17) is 0 Å². The van der Waals surface area contributed by atoms with E-state index in [1.807, 2.05) is 0 Å². The molecule has 0 radical (unpaired) electrons. The van der Waals surface area contributed by atoms with Crippen LogP contribution in [0.1, 0.15) is 10.6 Å². The number of hydrogen-bond donors (Lipinski definition) is 1. The van der Waals surface area contributed by atoms with E-state index in [0.717, 1.165) is 11.1 Å². The fourth-order valence-electron chi connectivity index (χ4n) is 1.86. The summed E-state index contributed by atoms with van der Waals surface area (Å²) in [6.07, 6.45) is 1.92. The highest BCUT2D eigenvalue weighted by Gasteiger charge is 2.15. The van der Waals surface area contributed by atoms with Crippen LogP contribution in [-0.4, -0.2) is 34.8 Å². The fraction of sp³-hybridized carbons (Fsp3) is 0.250. The first kappa shape index (κ1) is 15.0. The van der Waals surface area contributed by atoms with Gasteiger partial charge >= 0.3 is 0 Å². The molecular weight excluding hydrogens is 329 g/mol. The second-order valence-electron chi connectivity index (χ2n) is 4.61. The molecule has 10 heteroatoms. The quantitative estimate of drug-likeness (QED) is 0.752. The third-order valence-electron chi connectivity index (χ3n) is 3.00. The smallest absolute Gasteiger partial charge is 0.211 e. The number of fused-ring (bicyclic) bond motifs is 1. The molecule has 1 N–H and O–H groups in total. The number of aryl methyl sites for hydroxylation is 1. The molecule has 0 fully saturated rings. The van der Waals surface area contributed by atoms with E-state index >= 15 is 0 Å². The summed E-state index contributed by atoms with van der Waals surface area (Å²) in [6, 6.07) is 3.70. The van der Waals surface area contributed by atoms with Gasteiger partial charge in [-0.05, 0) is 30.7 Å². The second kappa shape index (κ2) is 5.71. The number of hydrogen-bond acceptors (Lipinski definition) is 6. The fourth-order valence-corrected chi connectivity index (χ4v) is 3.79. The molecule has 0 saturated heterocycles. The van der Waals surface area contributed by atoms with Crippen LogP contribution >= 0.6 is 11.3 Å². The maximum Gasteiger partial charge on any atom is 0.240 e. The number of nitrogens with one attached hydrogen (secondary N) is 1. The number of nitrogens with zero attached hydrogens (tertiary/aromatic N) is 4. The lowest BCUT2D eigenvalue weighted by molar-refractivity contribution is 0.580. The van der Waals surface area contributed by atoms with Gasteiger partial charge in [0.1, 0.15) is 17.2 Å². The van der Waals surface area contributed by atoms with Crippen molar-refractivity contribution in [2.75, 3.05) is 6.54 Å². The molecule has 2 heterocycles. The summed E-state index contributed by atoms with van der Waals surface area (Å²) in [5, 5.41) is 12.5. The van der Waals surface area contributed by atoms with Gasteiger partial charge in [-0.2, -0.15) is 9.61 Å². The van der Waals surface area contributed by atoms with Crippen molar-refractivity contribution in [2.24, 2.45) is 0 Å². The molecule has 0 unspecified atom stereocenters. The average molecular weight is 341 g/mol. The summed E-state index contributed by atoms with van der Waals surface area (Å²) in [7, 11) is -3.66. The Morgan fingerprint density at radius 3 is 2.95 bits per heavy atom. The van der Waals surface area contributed by atoms with E-state index < -0.39 is 15.8 Å². The molecular formula is C12H12FN5O2S2. The van der Waals surface area contributed by atoms with Gasteiger partial charge in [-0.3, -0.25) is 0 Å². The first-order valence-electron chi connectivity index (χ1n) is 6.37. The minimum Gasteiger partial charge on any atom is -0.211 e. The summed E-state index contributed by atoms with van der Waals surface area (Å²) >= 11 is 1.35. The molecule has 0 aliphatic carbocycles.